The molecule has 0 spiro atoms. The minimum Gasteiger partial charge on any atom is -0.357 e. The van der Waals surface area contributed by atoms with E-state index in [9.17, 15) is 4.79 Å². The zero-order valence-corrected chi connectivity index (χ0v) is 15.7. The predicted molar refractivity (Wildman–Crippen MR) is 94.6 cm³/mol. The fraction of sp³-hybridized carbons (Fsp3) is 0.857. The molecule has 118 valence electrons. The first kappa shape index (κ1) is 19.5. The minimum atomic E-state index is 0. The van der Waals surface area contributed by atoms with Gasteiger partial charge >= 0.3 is 0 Å². The lowest BCUT2D eigenvalue weighted by Gasteiger charge is -2.37. The monoisotopic (exact) mass is 396 g/mol. The lowest BCUT2D eigenvalue weighted by molar-refractivity contribution is -0.127. The SMILES string of the molecule is CCNC(=NCC(=O)N(C)C)N1CCC(C)C(C)C1.I. The first-order valence-corrected chi connectivity index (χ1v) is 7.19. The van der Waals surface area contributed by atoms with E-state index in [1.54, 1.807) is 19.0 Å². The largest absolute Gasteiger partial charge is 0.357 e. The molecule has 2 unspecified atom stereocenters. The van der Waals surface area contributed by atoms with Crippen molar-refractivity contribution in [3.8, 4) is 0 Å². The van der Waals surface area contributed by atoms with Gasteiger partial charge in [-0.3, -0.25) is 4.79 Å². The van der Waals surface area contributed by atoms with Crippen LogP contribution < -0.4 is 5.32 Å². The van der Waals surface area contributed by atoms with Crippen molar-refractivity contribution in [2.24, 2.45) is 16.8 Å². The summed E-state index contributed by atoms with van der Waals surface area (Å²) in [6.07, 6.45) is 1.19. The molecule has 1 aliphatic heterocycles. The van der Waals surface area contributed by atoms with E-state index >= 15 is 0 Å². The van der Waals surface area contributed by atoms with Crippen molar-refractivity contribution in [3.63, 3.8) is 0 Å². The quantitative estimate of drug-likeness (QED) is 0.448. The molecular formula is C14H29IN4O. The summed E-state index contributed by atoms with van der Waals surface area (Å²) in [5.41, 5.74) is 0. The van der Waals surface area contributed by atoms with E-state index in [2.05, 4.69) is 36.0 Å². The van der Waals surface area contributed by atoms with E-state index < -0.39 is 0 Å². The summed E-state index contributed by atoms with van der Waals surface area (Å²) in [5.74, 6) is 2.34. The second-order valence-corrected chi connectivity index (χ2v) is 5.65. The first-order valence-electron chi connectivity index (χ1n) is 7.19. The number of aliphatic imine (C=N–C) groups is 1. The highest BCUT2D eigenvalue weighted by Crippen LogP contribution is 2.22. The van der Waals surface area contributed by atoms with E-state index in [0.29, 0.717) is 5.92 Å². The predicted octanol–water partition coefficient (Wildman–Crippen LogP) is 1.64. The Balaban J connectivity index is 0.00000361. The molecule has 0 aliphatic carbocycles. The molecule has 1 N–H and O–H groups in total. The van der Waals surface area contributed by atoms with E-state index in [4.69, 9.17) is 0 Å². The van der Waals surface area contributed by atoms with Crippen molar-refractivity contribution in [3.05, 3.63) is 0 Å². The van der Waals surface area contributed by atoms with Crippen LogP contribution in [0.5, 0.6) is 0 Å². The Bertz CT molecular complexity index is 333. The van der Waals surface area contributed by atoms with Gasteiger partial charge in [-0.15, -0.1) is 24.0 Å². The number of rotatable bonds is 3. The molecule has 0 aromatic rings. The van der Waals surface area contributed by atoms with E-state index in [0.717, 1.165) is 31.5 Å². The summed E-state index contributed by atoms with van der Waals surface area (Å²) in [4.78, 5) is 19.9. The Morgan fingerprint density at radius 3 is 2.50 bits per heavy atom. The standard InChI is InChI=1S/C14H28N4O.HI/c1-6-15-14(16-9-13(19)17(4)5)18-8-7-11(2)12(3)10-18;/h11-12H,6-10H2,1-5H3,(H,15,16);1H. The van der Waals surface area contributed by atoms with Crippen molar-refractivity contribution in [2.75, 3.05) is 40.3 Å². The van der Waals surface area contributed by atoms with Crippen molar-refractivity contribution in [1.82, 2.24) is 15.1 Å². The van der Waals surface area contributed by atoms with Gasteiger partial charge in [0, 0.05) is 33.7 Å². The number of likely N-dealkylation sites (tertiary alicyclic amines) is 1. The molecule has 5 nitrogen and oxygen atoms in total. The maximum atomic E-state index is 11.6. The van der Waals surface area contributed by atoms with Crippen molar-refractivity contribution >= 4 is 35.8 Å². The number of halogens is 1. The Labute approximate surface area is 140 Å². The van der Waals surface area contributed by atoms with Crippen molar-refractivity contribution in [1.29, 1.82) is 0 Å². The van der Waals surface area contributed by atoms with Gasteiger partial charge in [0.05, 0.1) is 0 Å². The number of nitrogens with zero attached hydrogens (tertiary/aromatic N) is 3. The number of hydrogen-bond acceptors (Lipinski definition) is 2. The average Bonchev–Trinajstić information content (AvgIpc) is 2.37. The van der Waals surface area contributed by atoms with Crippen LogP contribution in [0.2, 0.25) is 0 Å². The number of hydrogen-bond donors (Lipinski definition) is 1. The van der Waals surface area contributed by atoms with Crippen LogP contribution in [0.4, 0.5) is 0 Å². The van der Waals surface area contributed by atoms with Crippen LogP contribution in [0.25, 0.3) is 0 Å². The molecule has 1 rings (SSSR count). The fourth-order valence-corrected chi connectivity index (χ4v) is 2.16. The Morgan fingerprint density at radius 1 is 1.35 bits per heavy atom. The molecule has 0 aromatic heterocycles. The first-order chi connectivity index (χ1) is 8.95. The van der Waals surface area contributed by atoms with Crippen molar-refractivity contribution < 1.29 is 4.79 Å². The van der Waals surface area contributed by atoms with Gasteiger partial charge in [0.2, 0.25) is 5.91 Å². The summed E-state index contributed by atoms with van der Waals surface area (Å²) in [5, 5.41) is 3.29. The molecule has 1 amide bonds. The van der Waals surface area contributed by atoms with Gasteiger partial charge in [-0.1, -0.05) is 13.8 Å². The van der Waals surface area contributed by atoms with Gasteiger partial charge in [-0.05, 0) is 25.2 Å². The maximum absolute atomic E-state index is 11.6. The molecule has 0 bridgehead atoms. The summed E-state index contributed by atoms with van der Waals surface area (Å²) in [6, 6.07) is 0. The van der Waals surface area contributed by atoms with Gasteiger partial charge in [-0.2, -0.15) is 0 Å². The third-order valence-corrected chi connectivity index (χ3v) is 3.83. The number of likely N-dealkylation sites (N-methyl/N-ethyl adjacent to an activating group) is 1. The van der Waals surface area contributed by atoms with Gasteiger partial charge in [-0.25, -0.2) is 4.99 Å². The summed E-state index contributed by atoms with van der Waals surface area (Å²) >= 11 is 0. The molecular weight excluding hydrogens is 367 g/mol. The fourth-order valence-electron chi connectivity index (χ4n) is 2.16. The Hall–Kier alpha value is -0.530. The zero-order valence-electron chi connectivity index (χ0n) is 13.3. The Kier molecular flexibility index (Phi) is 9.16. The molecule has 2 atom stereocenters. The van der Waals surface area contributed by atoms with Gasteiger partial charge in [0.15, 0.2) is 5.96 Å². The van der Waals surface area contributed by atoms with Crippen LogP contribution in [0.3, 0.4) is 0 Å². The number of amides is 1. The van der Waals surface area contributed by atoms with Crippen LogP contribution in [-0.4, -0.2) is 61.9 Å². The van der Waals surface area contributed by atoms with Crippen LogP contribution in [0, 0.1) is 11.8 Å². The second-order valence-electron chi connectivity index (χ2n) is 5.65. The molecule has 0 radical (unpaired) electrons. The average molecular weight is 396 g/mol. The molecule has 1 saturated heterocycles. The molecule has 6 heteroatoms. The lowest BCUT2D eigenvalue weighted by atomic mass is 9.89. The molecule has 1 fully saturated rings. The van der Waals surface area contributed by atoms with E-state index in [1.807, 2.05) is 0 Å². The number of carbonyl (C=O) groups excluding carboxylic acids is 1. The van der Waals surface area contributed by atoms with Crippen LogP contribution in [0.15, 0.2) is 4.99 Å². The van der Waals surface area contributed by atoms with Gasteiger partial charge in [0.25, 0.3) is 0 Å². The number of carbonyl (C=O) groups is 1. The van der Waals surface area contributed by atoms with Gasteiger partial charge in [0.1, 0.15) is 6.54 Å². The smallest absolute Gasteiger partial charge is 0.243 e. The summed E-state index contributed by atoms with van der Waals surface area (Å²) in [7, 11) is 3.52. The molecule has 1 aliphatic rings. The van der Waals surface area contributed by atoms with E-state index in [1.165, 1.54) is 6.42 Å². The van der Waals surface area contributed by atoms with Crippen LogP contribution in [0.1, 0.15) is 27.2 Å². The van der Waals surface area contributed by atoms with Gasteiger partial charge < -0.3 is 15.1 Å². The number of nitrogens with one attached hydrogen (secondary N) is 1. The van der Waals surface area contributed by atoms with E-state index in [-0.39, 0.29) is 36.4 Å². The second kappa shape index (κ2) is 9.41. The van der Waals surface area contributed by atoms with Crippen LogP contribution >= 0.6 is 24.0 Å². The van der Waals surface area contributed by atoms with Crippen molar-refractivity contribution in [2.45, 2.75) is 27.2 Å². The molecule has 0 saturated carbocycles. The maximum Gasteiger partial charge on any atom is 0.243 e. The minimum absolute atomic E-state index is 0. The highest BCUT2D eigenvalue weighted by molar-refractivity contribution is 14.0. The Morgan fingerprint density at radius 2 is 2.00 bits per heavy atom. The topological polar surface area (TPSA) is 47.9 Å². The number of piperidine rings is 1. The molecule has 0 aromatic carbocycles. The normalized spacial score (nSPS) is 23.1. The highest BCUT2D eigenvalue weighted by Gasteiger charge is 2.24. The third kappa shape index (κ3) is 5.85. The zero-order chi connectivity index (χ0) is 14.4. The highest BCUT2D eigenvalue weighted by atomic mass is 127. The molecule has 1 heterocycles. The third-order valence-electron chi connectivity index (χ3n) is 3.83. The lowest BCUT2D eigenvalue weighted by Crippen LogP contribution is -2.48. The number of guanidine groups is 1. The molecule has 20 heavy (non-hydrogen) atoms. The van der Waals surface area contributed by atoms with Crippen LogP contribution in [-0.2, 0) is 4.79 Å². The summed E-state index contributed by atoms with van der Waals surface area (Å²) in [6.45, 7) is 9.73. The summed E-state index contributed by atoms with van der Waals surface area (Å²) < 4.78 is 0.